The van der Waals surface area contributed by atoms with E-state index in [1.165, 1.54) is 37.3 Å². The fourth-order valence-corrected chi connectivity index (χ4v) is 3.82. The maximum Gasteiger partial charge on any atom is 0.235 e. The Balaban J connectivity index is 1.74. The van der Waals surface area contributed by atoms with Crippen LogP contribution < -0.4 is 14.8 Å². The third kappa shape index (κ3) is 3.27. The Morgan fingerprint density at radius 3 is 2.97 bits per heavy atom. The molecule has 2 aliphatic rings. The van der Waals surface area contributed by atoms with E-state index >= 15 is 0 Å². The highest BCUT2D eigenvalue weighted by molar-refractivity contribution is 6.00. The molecule has 2 aliphatic heterocycles. The van der Waals surface area contributed by atoms with Crippen molar-refractivity contribution in [3.05, 3.63) is 47.9 Å². The zero-order valence-corrected chi connectivity index (χ0v) is 16.1. The molecule has 3 heterocycles. The number of nitrogens with zero attached hydrogens (tertiary/aromatic N) is 2. The molecule has 2 aromatic rings. The number of amides is 1. The fraction of sp³-hybridized carbons (Fsp3) is 0.350. The number of fused-ring (bicyclic) bond motifs is 1. The summed E-state index contributed by atoms with van der Waals surface area (Å²) < 4.78 is 31.5. The number of nitrogens with one attached hydrogen (secondary N) is 2. The highest BCUT2D eigenvalue weighted by Crippen LogP contribution is 2.42. The van der Waals surface area contributed by atoms with Crippen molar-refractivity contribution in [2.75, 3.05) is 27.4 Å². The Morgan fingerprint density at radius 1 is 1.34 bits per heavy atom. The van der Waals surface area contributed by atoms with Gasteiger partial charge in [-0.3, -0.25) is 15.1 Å². The lowest BCUT2D eigenvalue weighted by Crippen LogP contribution is -2.68. The second-order valence-electron chi connectivity index (χ2n) is 7.01. The van der Waals surface area contributed by atoms with Crippen LogP contribution in [0, 0.1) is 17.1 Å². The van der Waals surface area contributed by atoms with Crippen LogP contribution in [0.25, 0.3) is 0 Å². The van der Waals surface area contributed by atoms with Crippen LogP contribution >= 0.6 is 0 Å². The Kier molecular flexibility index (Phi) is 4.83. The topological polar surface area (TPSA) is 96.8 Å². The number of rotatable bonds is 4. The molecule has 2 saturated heterocycles. The normalized spacial score (nSPS) is 24.0. The molecule has 152 valence electrons. The summed E-state index contributed by atoms with van der Waals surface area (Å²) in [4.78, 5) is 18.2. The van der Waals surface area contributed by atoms with Gasteiger partial charge in [0, 0.05) is 31.5 Å². The first-order chi connectivity index (χ1) is 13.9. The lowest BCUT2D eigenvalue weighted by Gasteiger charge is -2.49. The van der Waals surface area contributed by atoms with Gasteiger partial charge in [-0.15, -0.1) is 0 Å². The van der Waals surface area contributed by atoms with Gasteiger partial charge >= 0.3 is 0 Å². The Hall–Kier alpha value is -3.20. The second kappa shape index (κ2) is 7.32. The summed E-state index contributed by atoms with van der Waals surface area (Å²) in [6.07, 6.45) is 1.96. The second-order valence-corrected chi connectivity index (χ2v) is 7.01. The number of ether oxygens (including phenoxy) is 3. The first kappa shape index (κ1) is 19.1. The number of hydrogen-bond acceptors (Lipinski definition) is 6. The van der Waals surface area contributed by atoms with Crippen LogP contribution in [0.1, 0.15) is 12.0 Å². The summed E-state index contributed by atoms with van der Waals surface area (Å²) in [5, 5.41) is 11.1. The monoisotopic (exact) mass is 400 g/mol. The van der Waals surface area contributed by atoms with E-state index in [9.17, 15) is 9.18 Å². The maximum atomic E-state index is 14.9. The average molecular weight is 400 g/mol. The van der Waals surface area contributed by atoms with Gasteiger partial charge in [0.2, 0.25) is 11.8 Å². The van der Waals surface area contributed by atoms with Gasteiger partial charge in [0.05, 0.1) is 19.6 Å². The van der Waals surface area contributed by atoms with Crippen LogP contribution in [0.4, 0.5) is 4.39 Å². The summed E-state index contributed by atoms with van der Waals surface area (Å²) in [6, 6.07) is 7.58. The van der Waals surface area contributed by atoms with Crippen molar-refractivity contribution >= 4 is 11.9 Å². The quantitative estimate of drug-likeness (QED) is 0.817. The van der Waals surface area contributed by atoms with Gasteiger partial charge in [-0.05, 0) is 30.7 Å². The molecule has 0 bridgehead atoms. The molecule has 29 heavy (non-hydrogen) atoms. The summed E-state index contributed by atoms with van der Waals surface area (Å²) in [5.74, 6) is -0.197. The number of guanidine groups is 1. The first-order valence-electron chi connectivity index (χ1n) is 9.14. The molecular formula is C20H21FN4O4. The van der Waals surface area contributed by atoms with Gasteiger partial charge in [-0.1, -0.05) is 0 Å². The van der Waals surface area contributed by atoms with E-state index in [1.807, 2.05) is 0 Å². The van der Waals surface area contributed by atoms with Gasteiger partial charge in [0.15, 0.2) is 5.96 Å². The van der Waals surface area contributed by atoms with Crippen molar-refractivity contribution in [1.82, 2.24) is 15.2 Å². The lowest BCUT2D eigenvalue weighted by atomic mass is 9.73. The van der Waals surface area contributed by atoms with Gasteiger partial charge in [-0.2, -0.15) is 0 Å². The van der Waals surface area contributed by atoms with Crippen LogP contribution in [0.2, 0.25) is 0 Å². The Morgan fingerprint density at radius 2 is 2.17 bits per heavy atom. The Labute approximate surface area is 167 Å². The zero-order chi connectivity index (χ0) is 20.6. The van der Waals surface area contributed by atoms with Crippen LogP contribution in [0.3, 0.4) is 0 Å². The summed E-state index contributed by atoms with van der Waals surface area (Å²) >= 11 is 0. The predicted molar refractivity (Wildman–Crippen MR) is 101 cm³/mol. The van der Waals surface area contributed by atoms with Crippen LogP contribution in [-0.4, -0.2) is 49.1 Å². The van der Waals surface area contributed by atoms with Crippen LogP contribution in [-0.2, 0) is 15.1 Å². The van der Waals surface area contributed by atoms with E-state index < -0.39 is 17.3 Å². The molecule has 0 radical (unpaired) electrons. The van der Waals surface area contributed by atoms with Gasteiger partial charge < -0.3 is 19.5 Å². The molecule has 1 amide bonds. The van der Waals surface area contributed by atoms with Gasteiger partial charge in [0.25, 0.3) is 0 Å². The zero-order valence-electron chi connectivity index (χ0n) is 16.1. The summed E-state index contributed by atoms with van der Waals surface area (Å²) in [6.45, 7) is 0.462. The first-order valence-corrected chi connectivity index (χ1v) is 9.14. The fourth-order valence-electron chi connectivity index (χ4n) is 3.82. The molecule has 2 N–H and O–H groups in total. The van der Waals surface area contributed by atoms with E-state index in [4.69, 9.17) is 19.6 Å². The summed E-state index contributed by atoms with van der Waals surface area (Å²) in [7, 11) is 3.07. The number of pyridine rings is 1. The third-order valence-electron chi connectivity index (χ3n) is 5.36. The van der Waals surface area contributed by atoms with Crippen molar-refractivity contribution in [2.45, 2.75) is 12.0 Å². The number of methoxy groups -OCH3 is 1. The largest absolute Gasteiger partial charge is 0.497 e. The van der Waals surface area contributed by atoms with Crippen molar-refractivity contribution in [3.63, 3.8) is 0 Å². The minimum atomic E-state index is -1.18. The molecule has 2 atom stereocenters. The standard InChI is InChI=1S/C20H21FN4O4/c1-25-18(26)14-6-8-28-11-20(14,24-19(25)22)15-9-13(3-4-16(15)21)29-17-10-12(27-2)5-7-23-17/h3-5,7,9-10,14H,6,8,11H2,1-2H3,(H2,22,24)/t14-,20-/m0/s1. The number of aromatic nitrogens is 1. The molecule has 8 nitrogen and oxygen atoms in total. The lowest BCUT2D eigenvalue weighted by molar-refractivity contribution is -0.143. The van der Waals surface area contributed by atoms with Crippen molar-refractivity contribution < 1.29 is 23.4 Å². The van der Waals surface area contributed by atoms with Crippen LogP contribution in [0.5, 0.6) is 17.4 Å². The van der Waals surface area contributed by atoms with E-state index in [0.717, 1.165) is 0 Å². The maximum absolute atomic E-state index is 14.9. The van der Waals surface area contributed by atoms with Crippen LogP contribution in [0.15, 0.2) is 36.5 Å². The average Bonchev–Trinajstić information content (AvgIpc) is 2.73. The SMILES string of the molecule is COc1ccnc(Oc2ccc(F)c([C@]34COCC[C@H]3C(=O)N(C)C(=N)N4)c2)c1. The highest BCUT2D eigenvalue weighted by atomic mass is 19.1. The molecule has 4 rings (SSSR count). The van der Waals surface area contributed by atoms with E-state index in [2.05, 4.69) is 10.3 Å². The van der Waals surface area contributed by atoms with Crippen molar-refractivity contribution in [1.29, 1.82) is 5.41 Å². The van der Waals surface area contributed by atoms with Gasteiger partial charge in [-0.25, -0.2) is 9.37 Å². The number of halogens is 1. The summed E-state index contributed by atoms with van der Waals surface area (Å²) in [5.41, 5.74) is -0.960. The molecule has 0 saturated carbocycles. The van der Waals surface area contributed by atoms with Crippen molar-refractivity contribution in [2.24, 2.45) is 5.92 Å². The molecule has 2 fully saturated rings. The number of carbonyl (C=O) groups excluding carboxylic acids is 1. The van der Waals surface area contributed by atoms with E-state index in [0.29, 0.717) is 24.5 Å². The minimum absolute atomic E-state index is 0.0669. The molecule has 1 aromatic carbocycles. The molecule has 9 heteroatoms. The van der Waals surface area contributed by atoms with E-state index in [1.54, 1.807) is 18.3 Å². The molecular weight excluding hydrogens is 379 g/mol. The van der Waals surface area contributed by atoms with Gasteiger partial charge in [0.1, 0.15) is 22.9 Å². The number of hydrogen-bond donors (Lipinski definition) is 2. The molecule has 1 aromatic heterocycles. The number of carbonyl (C=O) groups is 1. The molecule has 0 unspecified atom stereocenters. The molecule has 0 aliphatic carbocycles. The molecule has 0 spiro atoms. The highest BCUT2D eigenvalue weighted by Gasteiger charge is 2.53. The minimum Gasteiger partial charge on any atom is -0.497 e. The van der Waals surface area contributed by atoms with E-state index in [-0.39, 0.29) is 29.9 Å². The third-order valence-corrected chi connectivity index (χ3v) is 5.36. The predicted octanol–water partition coefficient (Wildman–Crippen LogP) is 2.25. The smallest absolute Gasteiger partial charge is 0.235 e. The van der Waals surface area contributed by atoms with Crippen molar-refractivity contribution in [3.8, 4) is 17.4 Å². The number of benzene rings is 1. The Bertz CT molecular complexity index is 969.